The van der Waals surface area contributed by atoms with Crippen LogP contribution in [0.4, 0.5) is 0 Å². The van der Waals surface area contributed by atoms with Gasteiger partial charge >= 0.3 is 0 Å². The molecule has 0 atom stereocenters. The molecule has 0 saturated heterocycles. The summed E-state index contributed by atoms with van der Waals surface area (Å²) >= 11 is 0. The Balaban J connectivity index is 2.83. The summed E-state index contributed by atoms with van der Waals surface area (Å²) in [6.45, 7) is 1.91. The predicted molar refractivity (Wildman–Crippen MR) is 41.1 cm³/mol. The van der Waals surface area contributed by atoms with Crippen molar-refractivity contribution in [2.75, 3.05) is 0 Å². The Bertz CT molecular complexity index is 306. The summed E-state index contributed by atoms with van der Waals surface area (Å²) in [4.78, 5) is 10.8. The monoisotopic (exact) mass is 148 g/mol. The zero-order valence-electron chi connectivity index (χ0n) is 6.24. The first-order chi connectivity index (χ1) is 5.24. The van der Waals surface area contributed by atoms with Crippen LogP contribution < -0.4 is 0 Å². The van der Waals surface area contributed by atoms with Crippen molar-refractivity contribution in [3.05, 3.63) is 18.0 Å². The fourth-order valence-corrected chi connectivity index (χ4v) is 0.725. The second-order valence-corrected chi connectivity index (χ2v) is 2.19. The zero-order valence-corrected chi connectivity index (χ0v) is 6.24. The predicted octanol–water partition coefficient (Wildman–Crippen LogP) is 0.719. The minimum Gasteiger partial charge on any atom is -0.294 e. The number of hydrogen-bond acceptors (Lipinski definition) is 2. The number of Topliss-reactive ketones (excluding diaryl/α,β-unsaturated/α-hetero) is 1. The van der Waals surface area contributed by atoms with Gasteiger partial charge in [-0.1, -0.05) is 5.92 Å². The Hall–Kier alpha value is -1.56. The summed E-state index contributed by atoms with van der Waals surface area (Å²) in [5, 5.41) is 3.88. The Labute approximate surface area is 65.0 Å². The average molecular weight is 148 g/mol. The van der Waals surface area contributed by atoms with Gasteiger partial charge in [0.15, 0.2) is 5.78 Å². The number of nitrogens with zero attached hydrogens (tertiary/aromatic N) is 2. The first-order valence-electron chi connectivity index (χ1n) is 3.21. The van der Waals surface area contributed by atoms with Gasteiger partial charge in [-0.05, 0) is 6.92 Å². The summed E-state index contributed by atoms with van der Waals surface area (Å²) in [5.74, 6) is 2.43. The molecule has 1 aromatic rings. The molecule has 3 heteroatoms. The topological polar surface area (TPSA) is 34.9 Å². The standard InChI is InChI=1S/C8H8N2O/c1-3-4-10-6-8(5-9-10)7(2)11/h1,5-6H,4H2,2H3. The van der Waals surface area contributed by atoms with Crippen molar-refractivity contribution < 1.29 is 4.79 Å². The summed E-state index contributed by atoms with van der Waals surface area (Å²) in [5.41, 5.74) is 0.597. The summed E-state index contributed by atoms with van der Waals surface area (Å²) < 4.78 is 1.55. The minimum absolute atomic E-state index is 0.00766. The summed E-state index contributed by atoms with van der Waals surface area (Å²) in [6, 6.07) is 0. The molecule has 0 unspecified atom stereocenters. The second-order valence-electron chi connectivity index (χ2n) is 2.19. The van der Waals surface area contributed by atoms with Crippen LogP contribution in [0, 0.1) is 12.3 Å². The maximum atomic E-state index is 10.8. The van der Waals surface area contributed by atoms with Gasteiger partial charge in [-0.15, -0.1) is 6.42 Å². The number of hydrogen-bond donors (Lipinski definition) is 0. The Morgan fingerprint density at radius 3 is 3.09 bits per heavy atom. The van der Waals surface area contributed by atoms with E-state index >= 15 is 0 Å². The van der Waals surface area contributed by atoms with Gasteiger partial charge in [0.05, 0.1) is 11.8 Å². The molecule has 0 aliphatic heterocycles. The number of terminal acetylenes is 1. The smallest absolute Gasteiger partial charge is 0.162 e. The first kappa shape index (κ1) is 7.55. The third kappa shape index (κ3) is 1.68. The van der Waals surface area contributed by atoms with E-state index in [0.717, 1.165) is 0 Å². The molecule has 0 radical (unpaired) electrons. The van der Waals surface area contributed by atoms with Gasteiger partial charge in [0, 0.05) is 6.20 Å². The van der Waals surface area contributed by atoms with Crippen LogP contribution in [0.15, 0.2) is 12.4 Å². The Morgan fingerprint density at radius 1 is 1.91 bits per heavy atom. The van der Waals surface area contributed by atoms with Gasteiger partial charge in [0.2, 0.25) is 0 Å². The molecule has 0 spiro atoms. The maximum absolute atomic E-state index is 10.8. The maximum Gasteiger partial charge on any atom is 0.162 e. The van der Waals surface area contributed by atoms with Crippen LogP contribution in [0.5, 0.6) is 0 Å². The first-order valence-corrected chi connectivity index (χ1v) is 3.21. The number of carbonyl (C=O) groups is 1. The van der Waals surface area contributed by atoms with E-state index < -0.39 is 0 Å². The van der Waals surface area contributed by atoms with Crippen LogP contribution in [0.2, 0.25) is 0 Å². The molecule has 11 heavy (non-hydrogen) atoms. The molecular formula is C8H8N2O. The molecular weight excluding hydrogens is 140 g/mol. The lowest BCUT2D eigenvalue weighted by Gasteiger charge is -1.89. The van der Waals surface area contributed by atoms with Crippen molar-refractivity contribution in [3.63, 3.8) is 0 Å². The normalized spacial score (nSPS) is 9.09. The van der Waals surface area contributed by atoms with Crippen molar-refractivity contribution >= 4 is 5.78 Å². The van der Waals surface area contributed by atoms with Gasteiger partial charge in [0.1, 0.15) is 6.54 Å². The van der Waals surface area contributed by atoms with E-state index in [0.29, 0.717) is 12.1 Å². The van der Waals surface area contributed by atoms with E-state index in [2.05, 4.69) is 11.0 Å². The molecule has 1 aromatic heterocycles. The van der Waals surface area contributed by atoms with Crippen molar-refractivity contribution in [3.8, 4) is 12.3 Å². The van der Waals surface area contributed by atoms with Crippen LogP contribution in [-0.4, -0.2) is 15.6 Å². The van der Waals surface area contributed by atoms with E-state index in [1.54, 1.807) is 10.9 Å². The molecule has 0 amide bonds. The lowest BCUT2D eigenvalue weighted by molar-refractivity contribution is 0.101. The third-order valence-electron chi connectivity index (χ3n) is 1.29. The quantitative estimate of drug-likeness (QED) is 0.457. The highest BCUT2D eigenvalue weighted by Gasteiger charge is 2.00. The number of carbonyl (C=O) groups excluding carboxylic acids is 1. The molecule has 0 saturated carbocycles. The zero-order chi connectivity index (χ0) is 8.27. The largest absolute Gasteiger partial charge is 0.294 e. The molecule has 0 aliphatic rings. The van der Waals surface area contributed by atoms with E-state index in [9.17, 15) is 4.79 Å². The molecule has 0 aliphatic carbocycles. The highest BCUT2D eigenvalue weighted by molar-refractivity contribution is 5.93. The van der Waals surface area contributed by atoms with Crippen molar-refractivity contribution in [2.45, 2.75) is 13.5 Å². The fourth-order valence-electron chi connectivity index (χ4n) is 0.725. The fraction of sp³-hybridized carbons (Fsp3) is 0.250. The lowest BCUT2D eigenvalue weighted by Crippen LogP contribution is -1.95. The van der Waals surface area contributed by atoms with E-state index in [-0.39, 0.29) is 5.78 Å². The van der Waals surface area contributed by atoms with Gasteiger partial charge < -0.3 is 0 Å². The molecule has 3 nitrogen and oxygen atoms in total. The summed E-state index contributed by atoms with van der Waals surface area (Å²) in [6.07, 6.45) is 8.20. The van der Waals surface area contributed by atoms with Crippen LogP contribution in [0.3, 0.4) is 0 Å². The van der Waals surface area contributed by atoms with Gasteiger partial charge in [-0.25, -0.2) is 0 Å². The van der Waals surface area contributed by atoms with E-state index in [1.807, 2.05) is 0 Å². The van der Waals surface area contributed by atoms with Gasteiger partial charge in [0.25, 0.3) is 0 Å². The van der Waals surface area contributed by atoms with Crippen LogP contribution in [0.25, 0.3) is 0 Å². The van der Waals surface area contributed by atoms with Crippen LogP contribution in [-0.2, 0) is 6.54 Å². The number of aromatic nitrogens is 2. The highest BCUT2D eigenvalue weighted by atomic mass is 16.1. The molecule has 0 aromatic carbocycles. The summed E-state index contributed by atoms with van der Waals surface area (Å²) in [7, 11) is 0. The van der Waals surface area contributed by atoms with Gasteiger partial charge in [-0.2, -0.15) is 5.10 Å². The van der Waals surface area contributed by atoms with Crippen LogP contribution >= 0.6 is 0 Å². The molecule has 0 bridgehead atoms. The van der Waals surface area contributed by atoms with Gasteiger partial charge in [-0.3, -0.25) is 9.48 Å². The van der Waals surface area contributed by atoms with E-state index in [4.69, 9.17) is 6.42 Å². The van der Waals surface area contributed by atoms with Crippen molar-refractivity contribution in [1.29, 1.82) is 0 Å². The second kappa shape index (κ2) is 3.02. The van der Waals surface area contributed by atoms with Crippen molar-refractivity contribution in [1.82, 2.24) is 9.78 Å². The molecule has 0 fully saturated rings. The van der Waals surface area contributed by atoms with E-state index in [1.165, 1.54) is 13.1 Å². The minimum atomic E-state index is 0.00766. The SMILES string of the molecule is C#CCn1cc(C(C)=O)cn1. The molecule has 1 rings (SSSR count). The Morgan fingerprint density at radius 2 is 2.64 bits per heavy atom. The van der Waals surface area contributed by atoms with Crippen LogP contribution in [0.1, 0.15) is 17.3 Å². The third-order valence-corrected chi connectivity index (χ3v) is 1.29. The molecule has 56 valence electrons. The lowest BCUT2D eigenvalue weighted by atomic mass is 10.3. The number of ketones is 1. The Kier molecular flexibility index (Phi) is 2.07. The van der Waals surface area contributed by atoms with Crippen molar-refractivity contribution in [2.24, 2.45) is 0 Å². The molecule has 1 heterocycles. The number of rotatable bonds is 2. The molecule has 0 N–H and O–H groups in total. The highest BCUT2D eigenvalue weighted by Crippen LogP contribution is 1.97. The average Bonchev–Trinajstić information content (AvgIpc) is 2.37.